The van der Waals surface area contributed by atoms with Gasteiger partial charge in [-0.3, -0.25) is 0 Å². The van der Waals surface area contributed by atoms with E-state index in [2.05, 4.69) is 14.9 Å². The summed E-state index contributed by atoms with van der Waals surface area (Å²) in [5.74, 6) is -0.358. The third-order valence-electron chi connectivity index (χ3n) is 4.03. The molecule has 1 aliphatic carbocycles. The molecule has 144 valence electrons. The number of aromatic nitrogens is 2. The van der Waals surface area contributed by atoms with Crippen molar-refractivity contribution in [3.05, 3.63) is 29.8 Å². The lowest BCUT2D eigenvalue weighted by atomic mass is 9.77. The van der Waals surface area contributed by atoms with Crippen molar-refractivity contribution in [3.8, 4) is 11.5 Å². The van der Waals surface area contributed by atoms with E-state index in [-0.39, 0.29) is 18.3 Å². The number of halogens is 2. The number of benzene rings is 1. The van der Waals surface area contributed by atoms with Crippen molar-refractivity contribution in [2.75, 3.05) is 0 Å². The van der Waals surface area contributed by atoms with Crippen LogP contribution >= 0.6 is 12.4 Å². The lowest BCUT2D eigenvalue weighted by Gasteiger charge is -2.34. The normalized spacial score (nSPS) is 16.7. The number of hydrogen-bond donors (Lipinski definition) is 2. The molecule has 7 nitrogen and oxygen atoms in total. The average molecular weight is 405 g/mol. The Balaban J connectivity index is 0.00000243. The maximum atomic E-state index is 14.1. The Bertz CT molecular complexity index is 904. The van der Waals surface area contributed by atoms with Gasteiger partial charge in [-0.1, -0.05) is 5.16 Å². The first kappa shape index (κ1) is 20.8. The molecule has 0 aliphatic heterocycles. The van der Waals surface area contributed by atoms with Crippen molar-refractivity contribution in [2.24, 2.45) is 5.73 Å². The van der Waals surface area contributed by atoms with E-state index in [1.54, 1.807) is 20.8 Å². The first-order valence-corrected chi connectivity index (χ1v) is 9.46. The van der Waals surface area contributed by atoms with Gasteiger partial charge in [0, 0.05) is 11.1 Å². The molecule has 1 aromatic carbocycles. The van der Waals surface area contributed by atoms with Gasteiger partial charge in [-0.25, -0.2) is 17.5 Å². The number of nitrogens with two attached hydrogens (primary N) is 1. The summed E-state index contributed by atoms with van der Waals surface area (Å²) in [6, 6.07) is 3.65. The summed E-state index contributed by atoms with van der Waals surface area (Å²) in [6.45, 7) is 5.03. The molecule has 0 amide bonds. The molecular formula is C16H22ClFN4O3S. The Morgan fingerprint density at radius 3 is 2.50 bits per heavy atom. The smallest absolute Gasteiger partial charge is 0.258 e. The van der Waals surface area contributed by atoms with E-state index in [9.17, 15) is 12.8 Å². The average Bonchev–Trinajstić information content (AvgIpc) is 2.92. The summed E-state index contributed by atoms with van der Waals surface area (Å²) in [4.78, 5) is 3.79. The molecule has 2 aromatic rings. The number of nitrogens with one attached hydrogen (secondary N) is 1. The molecule has 1 aromatic heterocycles. The Kier molecular flexibility index (Phi) is 5.49. The minimum Gasteiger partial charge on any atom is -0.334 e. The second kappa shape index (κ2) is 6.88. The van der Waals surface area contributed by atoms with Gasteiger partial charge in [-0.2, -0.15) is 4.98 Å². The van der Waals surface area contributed by atoms with Crippen molar-refractivity contribution in [3.63, 3.8) is 0 Å². The van der Waals surface area contributed by atoms with Crippen LogP contribution < -0.4 is 10.5 Å². The van der Waals surface area contributed by atoms with Crippen LogP contribution in [0.5, 0.6) is 0 Å². The molecule has 0 bridgehead atoms. The molecular weight excluding hydrogens is 383 g/mol. The highest BCUT2D eigenvalue weighted by atomic mass is 35.5. The van der Waals surface area contributed by atoms with Crippen LogP contribution in [0, 0.1) is 5.82 Å². The van der Waals surface area contributed by atoms with Gasteiger partial charge in [-0.15, -0.1) is 12.4 Å². The van der Waals surface area contributed by atoms with Crippen molar-refractivity contribution in [1.82, 2.24) is 14.9 Å². The minimum atomic E-state index is -4.03. The monoisotopic (exact) mass is 404 g/mol. The van der Waals surface area contributed by atoms with Crippen molar-refractivity contribution < 1.29 is 17.3 Å². The zero-order valence-corrected chi connectivity index (χ0v) is 16.4. The van der Waals surface area contributed by atoms with E-state index in [1.165, 1.54) is 12.1 Å². The lowest BCUT2D eigenvalue weighted by molar-refractivity contribution is 0.229. The molecule has 26 heavy (non-hydrogen) atoms. The first-order valence-electron chi connectivity index (χ1n) is 7.97. The Morgan fingerprint density at radius 1 is 1.31 bits per heavy atom. The van der Waals surface area contributed by atoms with Crippen LogP contribution in [-0.2, 0) is 15.6 Å². The lowest BCUT2D eigenvalue weighted by Crippen LogP contribution is -2.44. The fourth-order valence-corrected chi connectivity index (χ4v) is 4.15. The predicted molar refractivity (Wildman–Crippen MR) is 96.7 cm³/mol. The third-order valence-corrected chi connectivity index (χ3v) is 5.80. The number of nitrogens with zero attached hydrogens (tertiary/aromatic N) is 2. The molecule has 0 radical (unpaired) electrons. The van der Waals surface area contributed by atoms with Crippen LogP contribution in [0.15, 0.2) is 27.6 Å². The van der Waals surface area contributed by atoms with Gasteiger partial charge in [0.1, 0.15) is 10.7 Å². The fraction of sp³-hybridized carbons (Fsp3) is 0.500. The molecule has 3 rings (SSSR count). The highest BCUT2D eigenvalue weighted by Gasteiger charge is 2.39. The van der Waals surface area contributed by atoms with Crippen LogP contribution in [0.3, 0.4) is 0 Å². The van der Waals surface area contributed by atoms with E-state index in [0.29, 0.717) is 11.4 Å². The highest BCUT2D eigenvalue weighted by molar-refractivity contribution is 7.89. The summed E-state index contributed by atoms with van der Waals surface area (Å²) in [6.07, 6.45) is 2.53. The van der Waals surface area contributed by atoms with Crippen LogP contribution in [0.1, 0.15) is 45.9 Å². The quantitative estimate of drug-likeness (QED) is 0.810. The molecule has 3 N–H and O–H groups in total. The third kappa shape index (κ3) is 4.06. The van der Waals surface area contributed by atoms with Gasteiger partial charge in [-0.05, 0) is 58.2 Å². The van der Waals surface area contributed by atoms with Gasteiger partial charge in [0.15, 0.2) is 5.82 Å². The molecule has 0 atom stereocenters. The molecule has 1 saturated carbocycles. The van der Waals surface area contributed by atoms with Gasteiger partial charge in [0.2, 0.25) is 10.0 Å². The largest absolute Gasteiger partial charge is 0.334 e. The number of rotatable bonds is 4. The zero-order chi connectivity index (χ0) is 18.5. The molecule has 0 unspecified atom stereocenters. The summed E-state index contributed by atoms with van der Waals surface area (Å²) in [5.41, 5.74) is 5.14. The second-order valence-electron chi connectivity index (χ2n) is 7.43. The minimum absolute atomic E-state index is 0. The van der Waals surface area contributed by atoms with E-state index in [4.69, 9.17) is 10.3 Å². The maximum absolute atomic E-state index is 14.1. The second-order valence-corrected chi connectivity index (χ2v) is 9.08. The van der Waals surface area contributed by atoms with E-state index in [0.717, 1.165) is 25.3 Å². The van der Waals surface area contributed by atoms with Crippen molar-refractivity contribution in [1.29, 1.82) is 0 Å². The highest BCUT2D eigenvalue weighted by Crippen LogP contribution is 2.37. The van der Waals surface area contributed by atoms with Crippen LogP contribution in [0.4, 0.5) is 4.39 Å². The van der Waals surface area contributed by atoms with E-state index >= 15 is 0 Å². The molecule has 0 spiro atoms. The van der Waals surface area contributed by atoms with E-state index < -0.39 is 31.8 Å². The fourth-order valence-electron chi connectivity index (χ4n) is 2.62. The summed E-state index contributed by atoms with van der Waals surface area (Å²) >= 11 is 0. The summed E-state index contributed by atoms with van der Waals surface area (Å²) < 4.78 is 46.6. The van der Waals surface area contributed by atoms with Crippen molar-refractivity contribution >= 4 is 22.4 Å². The van der Waals surface area contributed by atoms with Gasteiger partial charge < -0.3 is 10.3 Å². The van der Waals surface area contributed by atoms with Crippen molar-refractivity contribution in [2.45, 2.75) is 56.0 Å². The Morgan fingerprint density at radius 2 is 1.96 bits per heavy atom. The van der Waals surface area contributed by atoms with Crippen LogP contribution in [0.2, 0.25) is 0 Å². The molecule has 1 aliphatic rings. The Labute approximate surface area is 158 Å². The van der Waals surface area contributed by atoms with E-state index in [1.807, 2.05) is 0 Å². The maximum Gasteiger partial charge on any atom is 0.258 e. The number of sulfonamides is 1. The Hall–Kier alpha value is -1.55. The van der Waals surface area contributed by atoms with Gasteiger partial charge in [0.05, 0.1) is 5.54 Å². The van der Waals surface area contributed by atoms with Gasteiger partial charge in [0.25, 0.3) is 5.89 Å². The molecule has 1 heterocycles. The topological polar surface area (TPSA) is 111 Å². The zero-order valence-electron chi connectivity index (χ0n) is 14.7. The summed E-state index contributed by atoms with van der Waals surface area (Å²) in [7, 11) is -4.03. The number of hydrogen-bond acceptors (Lipinski definition) is 6. The molecule has 1 fully saturated rings. The predicted octanol–water partition coefficient (Wildman–Crippen LogP) is 2.71. The van der Waals surface area contributed by atoms with Gasteiger partial charge >= 0.3 is 0 Å². The summed E-state index contributed by atoms with van der Waals surface area (Å²) in [5, 5.41) is 3.89. The first-order chi connectivity index (χ1) is 11.5. The molecule has 10 heteroatoms. The van der Waals surface area contributed by atoms with Crippen LogP contribution in [0.25, 0.3) is 11.5 Å². The van der Waals surface area contributed by atoms with Crippen LogP contribution in [-0.4, -0.2) is 24.1 Å². The standard InChI is InChI=1S/C16H21FN4O3S.ClH/c1-15(2,3)21-25(22,23)12-9-10(5-6-11(12)17)13-19-14(20-24-13)16(18)7-4-8-16;/h5-6,9,21H,4,7-8,18H2,1-3H3;1H. The molecule has 0 saturated heterocycles. The SMILES string of the molecule is CC(C)(C)NS(=O)(=O)c1cc(-c2nc(C3(N)CCC3)no2)ccc1F.Cl.